The molecule has 0 spiro atoms. The Labute approximate surface area is 95.0 Å². The molecule has 0 amide bonds. The largest absolute Gasteiger partial charge is 0.493 e. The van der Waals surface area contributed by atoms with Crippen molar-refractivity contribution in [2.24, 2.45) is 5.92 Å². The number of methoxy groups -OCH3 is 2. The van der Waals surface area contributed by atoms with E-state index in [0.717, 1.165) is 5.56 Å². The summed E-state index contributed by atoms with van der Waals surface area (Å²) in [7, 11) is 3.14. The molecule has 16 heavy (non-hydrogen) atoms. The number of aliphatic hydroxyl groups excluding tert-OH is 1. The first-order valence-corrected chi connectivity index (χ1v) is 4.96. The average Bonchev–Trinajstić information content (AvgIpc) is 2.35. The number of aliphatic hydroxyl groups is 1. The van der Waals surface area contributed by atoms with Gasteiger partial charge in [-0.05, 0) is 24.1 Å². The Morgan fingerprint density at radius 3 is 2.50 bits per heavy atom. The van der Waals surface area contributed by atoms with Crippen LogP contribution < -0.4 is 9.47 Å². The molecular weight excluding hydrogens is 206 g/mol. The number of ether oxygens (including phenoxy) is 2. The number of rotatable bonds is 5. The van der Waals surface area contributed by atoms with Crippen LogP contribution in [0.3, 0.4) is 0 Å². The van der Waals surface area contributed by atoms with Gasteiger partial charge in [-0.2, -0.15) is 5.26 Å². The molecule has 0 heterocycles. The van der Waals surface area contributed by atoms with Crippen molar-refractivity contribution in [3.8, 4) is 17.6 Å². The molecule has 0 aliphatic rings. The lowest BCUT2D eigenvalue weighted by Crippen LogP contribution is -2.06. The van der Waals surface area contributed by atoms with E-state index < -0.39 is 0 Å². The standard InChI is InChI=1S/C12H15NO3/c1-15-11-4-3-9(6-12(11)16-2)5-10(7-13)8-14/h3-4,6,10,14H,5,8H2,1-2H3/t10-/m1/s1. The molecule has 1 rings (SSSR count). The summed E-state index contributed by atoms with van der Waals surface area (Å²) in [5.41, 5.74) is 0.943. The fourth-order valence-corrected chi connectivity index (χ4v) is 1.44. The van der Waals surface area contributed by atoms with E-state index in [4.69, 9.17) is 19.8 Å². The molecule has 1 aromatic carbocycles. The number of hydrogen-bond donors (Lipinski definition) is 1. The van der Waals surface area contributed by atoms with E-state index in [1.807, 2.05) is 18.2 Å². The molecule has 0 fully saturated rings. The molecule has 0 aromatic heterocycles. The van der Waals surface area contributed by atoms with Gasteiger partial charge in [0.2, 0.25) is 0 Å². The average molecular weight is 221 g/mol. The van der Waals surface area contributed by atoms with Crippen molar-refractivity contribution in [1.82, 2.24) is 0 Å². The van der Waals surface area contributed by atoms with Gasteiger partial charge in [-0.1, -0.05) is 6.07 Å². The quantitative estimate of drug-likeness (QED) is 0.815. The second-order valence-corrected chi connectivity index (χ2v) is 3.40. The maximum atomic E-state index is 8.94. The first-order valence-electron chi connectivity index (χ1n) is 4.96. The van der Waals surface area contributed by atoms with E-state index in [1.165, 1.54) is 0 Å². The Balaban J connectivity index is 2.87. The molecule has 0 aliphatic heterocycles. The van der Waals surface area contributed by atoms with Gasteiger partial charge in [-0.25, -0.2) is 0 Å². The third-order valence-electron chi connectivity index (χ3n) is 2.33. The molecule has 0 bridgehead atoms. The highest BCUT2D eigenvalue weighted by atomic mass is 16.5. The van der Waals surface area contributed by atoms with Gasteiger partial charge in [0.15, 0.2) is 11.5 Å². The first kappa shape index (κ1) is 12.3. The highest BCUT2D eigenvalue weighted by molar-refractivity contribution is 5.43. The summed E-state index contributed by atoms with van der Waals surface area (Å²) >= 11 is 0. The van der Waals surface area contributed by atoms with E-state index in [0.29, 0.717) is 17.9 Å². The van der Waals surface area contributed by atoms with E-state index in [1.54, 1.807) is 20.3 Å². The molecule has 1 aromatic rings. The van der Waals surface area contributed by atoms with Crippen LogP contribution in [0, 0.1) is 17.2 Å². The Hall–Kier alpha value is -1.73. The van der Waals surface area contributed by atoms with Crippen LogP contribution in [0.5, 0.6) is 11.5 Å². The normalized spacial score (nSPS) is 11.6. The van der Waals surface area contributed by atoms with Crippen LogP contribution in [0.15, 0.2) is 18.2 Å². The first-order chi connectivity index (χ1) is 7.74. The van der Waals surface area contributed by atoms with Gasteiger partial charge in [0.1, 0.15) is 0 Å². The SMILES string of the molecule is COc1ccc(C[C@H](C#N)CO)cc1OC. The van der Waals surface area contributed by atoms with Crippen LogP contribution in [-0.2, 0) is 6.42 Å². The smallest absolute Gasteiger partial charge is 0.160 e. The van der Waals surface area contributed by atoms with Crippen LogP contribution in [0.25, 0.3) is 0 Å². The predicted molar refractivity (Wildman–Crippen MR) is 59.4 cm³/mol. The molecule has 0 saturated heterocycles. The zero-order chi connectivity index (χ0) is 12.0. The summed E-state index contributed by atoms with van der Waals surface area (Å²) < 4.78 is 10.3. The lowest BCUT2D eigenvalue weighted by molar-refractivity contribution is 0.255. The summed E-state index contributed by atoms with van der Waals surface area (Å²) in [5.74, 6) is 0.913. The molecule has 1 N–H and O–H groups in total. The van der Waals surface area contributed by atoms with Crippen LogP contribution >= 0.6 is 0 Å². The molecule has 86 valence electrons. The van der Waals surface area contributed by atoms with Gasteiger partial charge in [0, 0.05) is 0 Å². The maximum absolute atomic E-state index is 8.94. The minimum Gasteiger partial charge on any atom is -0.493 e. The molecule has 4 heteroatoms. The highest BCUT2D eigenvalue weighted by Crippen LogP contribution is 2.28. The molecule has 0 saturated carbocycles. The van der Waals surface area contributed by atoms with E-state index >= 15 is 0 Å². The minimum absolute atomic E-state index is 0.134. The Morgan fingerprint density at radius 2 is 2.00 bits per heavy atom. The van der Waals surface area contributed by atoms with E-state index in [2.05, 4.69) is 0 Å². The molecule has 0 aliphatic carbocycles. The summed E-state index contributed by atoms with van der Waals surface area (Å²) in [6.45, 7) is -0.134. The molecular formula is C12H15NO3. The zero-order valence-electron chi connectivity index (χ0n) is 9.43. The second-order valence-electron chi connectivity index (χ2n) is 3.40. The number of benzene rings is 1. The number of hydrogen-bond acceptors (Lipinski definition) is 4. The third kappa shape index (κ3) is 2.88. The van der Waals surface area contributed by atoms with Crippen LogP contribution in [0.1, 0.15) is 5.56 Å². The van der Waals surface area contributed by atoms with Crippen LogP contribution in [0.2, 0.25) is 0 Å². The van der Waals surface area contributed by atoms with Gasteiger partial charge in [-0.15, -0.1) is 0 Å². The summed E-state index contributed by atoms with van der Waals surface area (Å²) in [6, 6.07) is 7.52. The van der Waals surface area contributed by atoms with Crippen LogP contribution in [-0.4, -0.2) is 25.9 Å². The minimum atomic E-state index is -0.377. The van der Waals surface area contributed by atoms with Crippen molar-refractivity contribution >= 4 is 0 Å². The van der Waals surface area contributed by atoms with Crippen molar-refractivity contribution in [1.29, 1.82) is 5.26 Å². The zero-order valence-corrected chi connectivity index (χ0v) is 9.43. The van der Waals surface area contributed by atoms with Crippen molar-refractivity contribution in [2.75, 3.05) is 20.8 Å². The van der Waals surface area contributed by atoms with Crippen molar-refractivity contribution < 1.29 is 14.6 Å². The molecule has 1 atom stereocenters. The third-order valence-corrected chi connectivity index (χ3v) is 2.33. The fraction of sp³-hybridized carbons (Fsp3) is 0.417. The maximum Gasteiger partial charge on any atom is 0.160 e. The predicted octanol–water partition coefficient (Wildman–Crippen LogP) is 1.38. The lowest BCUT2D eigenvalue weighted by atomic mass is 10.0. The van der Waals surface area contributed by atoms with Crippen molar-refractivity contribution in [2.45, 2.75) is 6.42 Å². The van der Waals surface area contributed by atoms with Gasteiger partial charge < -0.3 is 14.6 Å². The van der Waals surface area contributed by atoms with Gasteiger partial charge in [-0.3, -0.25) is 0 Å². The monoisotopic (exact) mass is 221 g/mol. The Bertz CT molecular complexity index is 384. The summed E-state index contributed by atoms with van der Waals surface area (Å²) in [5, 5.41) is 17.7. The van der Waals surface area contributed by atoms with E-state index in [9.17, 15) is 0 Å². The number of nitrogens with zero attached hydrogens (tertiary/aromatic N) is 1. The Kier molecular flexibility index (Phi) is 4.62. The fourth-order valence-electron chi connectivity index (χ4n) is 1.44. The highest BCUT2D eigenvalue weighted by Gasteiger charge is 2.10. The topological polar surface area (TPSA) is 62.5 Å². The van der Waals surface area contributed by atoms with Gasteiger partial charge in [0.25, 0.3) is 0 Å². The molecule has 0 unspecified atom stereocenters. The van der Waals surface area contributed by atoms with Gasteiger partial charge in [0.05, 0.1) is 32.8 Å². The summed E-state index contributed by atoms with van der Waals surface area (Å²) in [4.78, 5) is 0. The lowest BCUT2D eigenvalue weighted by Gasteiger charge is -2.10. The summed E-state index contributed by atoms with van der Waals surface area (Å²) in [6.07, 6.45) is 0.507. The number of nitriles is 1. The van der Waals surface area contributed by atoms with Crippen molar-refractivity contribution in [3.63, 3.8) is 0 Å². The van der Waals surface area contributed by atoms with Crippen LogP contribution in [0.4, 0.5) is 0 Å². The Morgan fingerprint density at radius 1 is 1.31 bits per heavy atom. The molecule has 4 nitrogen and oxygen atoms in total. The van der Waals surface area contributed by atoms with Gasteiger partial charge >= 0.3 is 0 Å². The second kappa shape index (κ2) is 5.99. The molecule has 0 radical (unpaired) electrons. The van der Waals surface area contributed by atoms with Crippen molar-refractivity contribution in [3.05, 3.63) is 23.8 Å². The van der Waals surface area contributed by atoms with E-state index in [-0.39, 0.29) is 12.5 Å².